The Kier molecular flexibility index (Phi) is 2.17. The first-order valence-corrected chi connectivity index (χ1v) is 5.20. The largest absolute Gasteiger partial charge is 0.513 e. The van der Waals surface area contributed by atoms with Crippen LogP contribution in [0.3, 0.4) is 0 Å². The highest BCUT2D eigenvalue weighted by Crippen LogP contribution is 2.32. The van der Waals surface area contributed by atoms with E-state index >= 15 is 0 Å². The van der Waals surface area contributed by atoms with Crippen molar-refractivity contribution in [3.8, 4) is 0 Å². The van der Waals surface area contributed by atoms with Gasteiger partial charge < -0.3 is 5.11 Å². The molecule has 0 aliphatic heterocycles. The third-order valence-corrected chi connectivity index (χ3v) is 3.07. The minimum Gasteiger partial charge on any atom is -0.513 e. The Balaban J connectivity index is 2.12. The number of thiophene rings is 1. The van der Waals surface area contributed by atoms with Crippen molar-refractivity contribution in [3.05, 3.63) is 34.2 Å². The number of hydrogen-bond donors (Lipinski definition) is 1. The van der Waals surface area contributed by atoms with E-state index in [-0.39, 0.29) is 0 Å². The van der Waals surface area contributed by atoms with E-state index in [2.05, 4.69) is 16.8 Å². The molecule has 1 aliphatic carbocycles. The van der Waals surface area contributed by atoms with Crippen molar-refractivity contribution in [1.82, 2.24) is 0 Å². The van der Waals surface area contributed by atoms with E-state index in [0.29, 0.717) is 11.7 Å². The van der Waals surface area contributed by atoms with E-state index < -0.39 is 0 Å². The first kappa shape index (κ1) is 7.87. The molecule has 12 heavy (non-hydrogen) atoms. The fourth-order valence-electron chi connectivity index (χ4n) is 1.68. The topological polar surface area (TPSA) is 20.2 Å². The Morgan fingerprint density at radius 1 is 1.50 bits per heavy atom. The van der Waals surface area contributed by atoms with Crippen LogP contribution in [0.25, 0.3) is 0 Å². The summed E-state index contributed by atoms with van der Waals surface area (Å²) in [5.74, 6) is 1.12. The summed E-state index contributed by atoms with van der Waals surface area (Å²) in [5, 5.41) is 13.6. The predicted octanol–water partition coefficient (Wildman–Crippen LogP) is 3.46. The lowest BCUT2D eigenvalue weighted by Crippen LogP contribution is -2.03. The second-order valence-electron chi connectivity index (χ2n) is 3.23. The van der Waals surface area contributed by atoms with Gasteiger partial charge in [0.1, 0.15) is 0 Å². The van der Waals surface area contributed by atoms with Crippen molar-refractivity contribution in [2.24, 2.45) is 0 Å². The van der Waals surface area contributed by atoms with Crippen LogP contribution in [-0.2, 0) is 0 Å². The summed E-state index contributed by atoms with van der Waals surface area (Å²) in [5.41, 5.74) is 1.39. The van der Waals surface area contributed by atoms with Crippen LogP contribution in [0, 0.1) is 0 Å². The molecule has 0 saturated carbocycles. The zero-order chi connectivity index (χ0) is 8.39. The molecule has 2 heteroatoms. The SMILES string of the molecule is OC1=CCCC(c2ccsc2)C1. The molecule has 1 aliphatic rings. The van der Waals surface area contributed by atoms with Crippen molar-refractivity contribution in [1.29, 1.82) is 0 Å². The van der Waals surface area contributed by atoms with Crippen molar-refractivity contribution >= 4 is 11.3 Å². The number of aliphatic hydroxyl groups excluding tert-OH is 1. The maximum Gasteiger partial charge on any atom is 0.0888 e. The van der Waals surface area contributed by atoms with E-state index in [1.807, 2.05) is 6.08 Å². The molecule has 0 radical (unpaired) electrons. The molecule has 1 heterocycles. The number of aliphatic hydroxyl groups is 1. The van der Waals surface area contributed by atoms with Gasteiger partial charge in [-0.15, -0.1) is 0 Å². The van der Waals surface area contributed by atoms with Crippen molar-refractivity contribution in [2.45, 2.75) is 25.2 Å². The van der Waals surface area contributed by atoms with Crippen LogP contribution in [-0.4, -0.2) is 5.11 Å². The normalized spacial score (nSPS) is 23.7. The Labute approximate surface area is 76.4 Å². The smallest absolute Gasteiger partial charge is 0.0888 e. The molecule has 0 saturated heterocycles. The Morgan fingerprint density at radius 3 is 3.08 bits per heavy atom. The lowest BCUT2D eigenvalue weighted by molar-refractivity contribution is 0.353. The van der Waals surface area contributed by atoms with Gasteiger partial charge in [-0.05, 0) is 47.2 Å². The van der Waals surface area contributed by atoms with Gasteiger partial charge in [-0.3, -0.25) is 0 Å². The van der Waals surface area contributed by atoms with Crippen LogP contribution in [0.5, 0.6) is 0 Å². The molecule has 1 aromatic heterocycles. The van der Waals surface area contributed by atoms with Crippen LogP contribution in [0.2, 0.25) is 0 Å². The van der Waals surface area contributed by atoms with E-state index in [9.17, 15) is 5.11 Å². The molecular weight excluding hydrogens is 168 g/mol. The second-order valence-corrected chi connectivity index (χ2v) is 4.01. The summed E-state index contributed by atoms with van der Waals surface area (Å²) in [6.07, 6.45) is 4.97. The number of hydrogen-bond acceptors (Lipinski definition) is 2. The fraction of sp³-hybridized carbons (Fsp3) is 0.400. The van der Waals surface area contributed by atoms with Gasteiger partial charge in [-0.1, -0.05) is 0 Å². The minimum absolute atomic E-state index is 0.557. The summed E-state index contributed by atoms with van der Waals surface area (Å²) in [7, 11) is 0. The predicted molar refractivity (Wildman–Crippen MR) is 51.6 cm³/mol. The number of allylic oxidation sites excluding steroid dienone is 2. The van der Waals surface area contributed by atoms with E-state index in [1.165, 1.54) is 12.0 Å². The molecule has 1 atom stereocenters. The molecule has 1 unspecified atom stereocenters. The van der Waals surface area contributed by atoms with Gasteiger partial charge in [0.25, 0.3) is 0 Å². The fourth-order valence-corrected chi connectivity index (χ4v) is 2.42. The Morgan fingerprint density at radius 2 is 2.42 bits per heavy atom. The summed E-state index contributed by atoms with van der Waals surface area (Å²) < 4.78 is 0. The summed E-state index contributed by atoms with van der Waals surface area (Å²) in [4.78, 5) is 0. The molecule has 1 aromatic rings. The van der Waals surface area contributed by atoms with Crippen molar-refractivity contribution in [2.75, 3.05) is 0 Å². The van der Waals surface area contributed by atoms with Crippen LogP contribution in [0.1, 0.15) is 30.7 Å². The summed E-state index contributed by atoms with van der Waals surface area (Å²) in [6, 6.07) is 2.16. The Bertz CT molecular complexity index is 274. The van der Waals surface area contributed by atoms with Gasteiger partial charge in [0, 0.05) is 6.42 Å². The van der Waals surface area contributed by atoms with Crippen LogP contribution in [0.4, 0.5) is 0 Å². The third kappa shape index (κ3) is 1.53. The summed E-state index contributed by atoms with van der Waals surface area (Å²) in [6.45, 7) is 0. The lowest BCUT2D eigenvalue weighted by Gasteiger charge is -2.18. The molecule has 0 aromatic carbocycles. The van der Waals surface area contributed by atoms with Crippen molar-refractivity contribution < 1.29 is 5.11 Å². The molecule has 0 spiro atoms. The van der Waals surface area contributed by atoms with Crippen LogP contribution >= 0.6 is 11.3 Å². The van der Waals surface area contributed by atoms with Crippen molar-refractivity contribution in [3.63, 3.8) is 0 Å². The van der Waals surface area contributed by atoms with E-state index in [4.69, 9.17) is 0 Å². The van der Waals surface area contributed by atoms with E-state index in [0.717, 1.165) is 12.8 Å². The lowest BCUT2D eigenvalue weighted by atomic mass is 9.88. The highest BCUT2D eigenvalue weighted by Gasteiger charge is 2.16. The molecule has 0 bridgehead atoms. The van der Waals surface area contributed by atoms with Gasteiger partial charge >= 0.3 is 0 Å². The van der Waals surface area contributed by atoms with Gasteiger partial charge in [0.2, 0.25) is 0 Å². The minimum atomic E-state index is 0.557. The van der Waals surface area contributed by atoms with Gasteiger partial charge in [0.15, 0.2) is 0 Å². The maximum absolute atomic E-state index is 9.34. The first-order chi connectivity index (χ1) is 5.86. The highest BCUT2D eigenvalue weighted by molar-refractivity contribution is 7.07. The second kappa shape index (κ2) is 3.31. The number of rotatable bonds is 1. The standard InChI is InChI=1S/C10H12OS/c11-10-3-1-2-8(6-10)9-4-5-12-7-9/h3-5,7-8,11H,1-2,6H2. The molecule has 1 N–H and O–H groups in total. The van der Waals surface area contributed by atoms with Gasteiger partial charge in [0.05, 0.1) is 5.76 Å². The highest BCUT2D eigenvalue weighted by atomic mass is 32.1. The van der Waals surface area contributed by atoms with E-state index in [1.54, 1.807) is 11.3 Å². The molecule has 0 fully saturated rings. The first-order valence-electron chi connectivity index (χ1n) is 4.26. The quantitative estimate of drug-likeness (QED) is 0.701. The monoisotopic (exact) mass is 180 g/mol. The zero-order valence-electron chi connectivity index (χ0n) is 6.86. The van der Waals surface area contributed by atoms with Gasteiger partial charge in [-0.25, -0.2) is 0 Å². The van der Waals surface area contributed by atoms with Gasteiger partial charge in [-0.2, -0.15) is 11.3 Å². The third-order valence-electron chi connectivity index (χ3n) is 2.37. The molecule has 2 rings (SSSR count). The molecule has 64 valence electrons. The molecule has 0 amide bonds. The average molecular weight is 180 g/mol. The van der Waals surface area contributed by atoms with Crippen LogP contribution < -0.4 is 0 Å². The summed E-state index contributed by atoms with van der Waals surface area (Å²) >= 11 is 1.73. The molecular formula is C10H12OS. The maximum atomic E-state index is 9.34. The Hall–Kier alpha value is -0.760. The van der Waals surface area contributed by atoms with Crippen LogP contribution in [0.15, 0.2) is 28.7 Å². The average Bonchev–Trinajstić information content (AvgIpc) is 2.56. The molecule has 1 nitrogen and oxygen atoms in total. The zero-order valence-corrected chi connectivity index (χ0v) is 7.68.